The van der Waals surface area contributed by atoms with Crippen LogP contribution in [0.25, 0.3) is 33.4 Å². The van der Waals surface area contributed by atoms with Gasteiger partial charge in [0.1, 0.15) is 17.2 Å². The molecule has 29 heavy (non-hydrogen) atoms. The molecule has 1 aromatic heterocycles. The predicted molar refractivity (Wildman–Crippen MR) is 126 cm³/mol. The zero-order chi connectivity index (χ0) is 18.9. The molecule has 3 nitrogen and oxygen atoms in total. The normalized spacial score (nSPS) is 13.1. The molecule has 2 heterocycles. The van der Waals surface area contributed by atoms with Gasteiger partial charge >= 0.3 is 0 Å². The molecule has 0 aliphatic carbocycles. The number of thioether (sulfide) groups is 1. The van der Waals surface area contributed by atoms with Crippen LogP contribution >= 0.6 is 24.2 Å². The van der Waals surface area contributed by atoms with Crippen molar-refractivity contribution in [2.24, 2.45) is 4.99 Å². The van der Waals surface area contributed by atoms with E-state index in [9.17, 15) is 0 Å². The Morgan fingerprint density at radius 1 is 0.897 bits per heavy atom. The lowest BCUT2D eigenvalue weighted by Crippen LogP contribution is -2.20. The Morgan fingerprint density at radius 2 is 1.66 bits per heavy atom. The van der Waals surface area contributed by atoms with Gasteiger partial charge in [-0.25, -0.2) is 0 Å². The fraction of sp³-hybridized carbons (Fsp3) is 0.125. The molecule has 4 aromatic rings. The Labute approximate surface area is 180 Å². The first-order chi connectivity index (χ1) is 13.8. The molecule has 1 aliphatic heterocycles. The fourth-order valence-corrected chi connectivity index (χ4v) is 4.11. The monoisotopic (exact) mass is 420 g/mol. The molecule has 0 saturated heterocycles. The number of halogens is 1. The molecule has 5 heteroatoms. The third-order valence-electron chi connectivity index (χ3n) is 5.08. The smallest absolute Gasteiger partial charge is 0.136 e. The van der Waals surface area contributed by atoms with Crippen LogP contribution in [0.3, 0.4) is 0 Å². The number of furan rings is 1. The van der Waals surface area contributed by atoms with Gasteiger partial charge in [0.15, 0.2) is 0 Å². The SMILES string of the molecule is CSc1ccc(-c2cccc3oc(-c4ccccc4C4=NCCN4)cc23)cc1.Cl. The third kappa shape index (κ3) is 3.66. The molecule has 0 fully saturated rings. The van der Waals surface area contributed by atoms with Gasteiger partial charge < -0.3 is 9.73 Å². The van der Waals surface area contributed by atoms with Gasteiger partial charge in [0, 0.05) is 28.0 Å². The summed E-state index contributed by atoms with van der Waals surface area (Å²) >= 11 is 1.76. The fourth-order valence-electron chi connectivity index (χ4n) is 3.70. The molecule has 0 radical (unpaired) electrons. The van der Waals surface area contributed by atoms with Gasteiger partial charge in [-0.3, -0.25) is 4.99 Å². The van der Waals surface area contributed by atoms with E-state index >= 15 is 0 Å². The maximum Gasteiger partial charge on any atom is 0.136 e. The highest BCUT2D eigenvalue weighted by atomic mass is 35.5. The minimum Gasteiger partial charge on any atom is -0.456 e. The third-order valence-corrected chi connectivity index (χ3v) is 5.83. The molecule has 0 spiro atoms. The highest BCUT2D eigenvalue weighted by molar-refractivity contribution is 7.98. The molecule has 0 bridgehead atoms. The lowest BCUT2D eigenvalue weighted by Gasteiger charge is -2.07. The molecule has 5 rings (SSSR count). The molecular formula is C24H21ClN2OS. The van der Waals surface area contributed by atoms with Gasteiger partial charge in [0.2, 0.25) is 0 Å². The van der Waals surface area contributed by atoms with Crippen molar-refractivity contribution in [1.82, 2.24) is 5.32 Å². The van der Waals surface area contributed by atoms with Crippen LogP contribution in [0.5, 0.6) is 0 Å². The first-order valence-corrected chi connectivity index (χ1v) is 10.6. The zero-order valence-corrected chi connectivity index (χ0v) is 17.6. The van der Waals surface area contributed by atoms with Gasteiger partial charge in [-0.1, -0.05) is 48.5 Å². The van der Waals surface area contributed by atoms with E-state index in [-0.39, 0.29) is 12.4 Å². The van der Waals surface area contributed by atoms with E-state index in [2.05, 4.69) is 71.2 Å². The van der Waals surface area contributed by atoms with Crippen LogP contribution in [0, 0.1) is 0 Å². The summed E-state index contributed by atoms with van der Waals surface area (Å²) in [5.41, 5.74) is 5.44. The van der Waals surface area contributed by atoms with Crippen molar-refractivity contribution in [2.75, 3.05) is 19.3 Å². The van der Waals surface area contributed by atoms with E-state index in [1.54, 1.807) is 11.8 Å². The van der Waals surface area contributed by atoms with Crippen molar-refractivity contribution in [3.63, 3.8) is 0 Å². The number of fused-ring (bicyclic) bond motifs is 1. The molecule has 3 aromatic carbocycles. The van der Waals surface area contributed by atoms with E-state index < -0.39 is 0 Å². The predicted octanol–water partition coefficient (Wildman–Crippen LogP) is 6.26. The molecule has 1 aliphatic rings. The zero-order valence-electron chi connectivity index (χ0n) is 16.0. The number of aliphatic imine (C=N–C) groups is 1. The lowest BCUT2D eigenvalue weighted by atomic mass is 10.0. The maximum absolute atomic E-state index is 6.27. The summed E-state index contributed by atoms with van der Waals surface area (Å²) in [5, 5.41) is 4.50. The number of hydrogen-bond acceptors (Lipinski definition) is 4. The minimum atomic E-state index is 0. The number of rotatable bonds is 4. The van der Waals surface area contributed by atoms with E-state index in [1.807, 2.05) is 18.2 Å². The number of amidine groups is 1. The van der Waals surface area contributed by atoms with Gasteiger partial charge in [-0.2, -0.15) is 0 Å². The van der Waals surface area contributed by atoms with E-state index in [0.717, 1.165) is 46.8 Å². The highest BCUT2D eigenvalue weighted by Crippen LogP contribution is 2.36. The van der Waals surface area contributed by atoms with Crippen LogP contribution < -0.4 is 5.32 Å². The second kappa shape index (κ2) is 8.36. The number of nitrogens with zero attached hydrogens (tertiary/aromatic N) is 1. The molecular weight excluding hydrogens is 400 g/mol. The van der Waals surface area contributed by atoms with Gasteiger partial charge in [-0.15, -0.1) is 24.2 Å². The summed E-state index contributed by atoms with van der Waals surface area (Å²) in [7, 11) is 0. The topological polar surface area (TPSA) is 37.5 Å². The Bertz CT molecular complexity index is 1180. The largest absolute Gasteiger partial charge is 0.456 e. The van der Waals surface area contributed by atoms with E-state index in [0.29, 0.717) is 0 Å². The van der Waals surface area contributed by atoms with Crippen molar-refractivity contribution in [1.29, 1.82) is 0 Å². The Balaban J connectivity index is 0.00000205. The quantitative estimate of drug-likeness (QED) is 0.396. The van der Waals surface area contributed by atoms with Gasteiger partial charge in [0.05, 0.1) is 6.54 Å². The number of benzene rings is 3. The summed E-state index contributed by atoms with van der Waals surface area (Å²) in [5.74, 6) is 1.82. The molecule has 0 atom stereocenters. The molecule has 0 saturated carbocycles. The molecule has 0 amide bonds. The van der Waals surface area contributed by atoms with Crippen LogP contribution in [0.2, 0.25) is 0 Å². The van der Waals surface area contributed by atoms with Gasteiger partial charge in [-0.05, 0) is 41.6 Å². The highest BCUT2D eigenvalue weighted by Gasteiger charge is 2.17. The Morgan fingerprint density at radius 3 is 2.38 bits per heavy atom. The van der Waals surface area contributed by atoms with Crippen molar-refractivity contribution in [3.8, 4) is 22.5 Å². The van der Waals surface area contributed by atoms with Crippen molar-refractivity contribution < 1.29 is 4.42 Å². The molecule has 1 N–H and O–H groups in total. The van der Waals surface area contributed by atoms with Crippen LogP contribution in [0.1, 0.15) is 5.56 Å². The Kier molecular flexibility index (Phi) is 5.65. The molecule has 0 unspecified atom stereocenters. The lowest BCUT2D eigenvalue weighted by molar-refractivity contribution is 0.631. The second-order valence-corrected chi connectivity index (χ2v) is 7.64. The number of nitrogens with one attached hydrogen (secondary N) is 1. The summed E-state index contributed by atoms with van der Waals surface area (Å²) in [6, 6.07) is 25.4. The standard InChI is InChI=1S/C24H20N2OS.ClH/c1-28-17-11-9-16(10-12-17)18-7-4-8-22-21(18)15-23(27-22)19-5-2-3-6-20(19)24-25-13-14-26-24;/h2-12,15H,13-14H2,1H3,(H,25,26);1H. The summed E-state index contributed by atoms with van der Waals surface area (Å²) in [6.07, 6.45) is 2.10. The van der Waals surface area contributed by atoms with Crippen molar-refractivity contribution >= 4 is 41.0 Å². The first-order valence-electron chi connectivity index (χ1n) is 9.38. The Hall–Kier alpha value is -2.69. The van der Waals surface area contributed by atoms with E-state index in [4.69, 9.17) is 4.42 Å². The van der Waals surface area contributed by atoms with Crippen molar-refractivity contribution in [2.45, 2.75) is 4.90 Å². The van der Waals surface area contributed by atoms with Crippen LogP contribution in [-0.4, -0.2) is 25.2 Å². The average molecular weight is 421 g/mol. The van der Waals surface area contributed by atoms with Crippen molar-refractivity contribution in [3.05, 3.63) is 78.4 Å². The first kappa shape index (κ1) is 19.6. The van der Waals surface area contributed by atoms with Gasteiger partial charge in [0.25, 0.3) is 0 Å². The summed E-state index contributed by atoms with van der Waals surface area (Å²) in [6.45, 7) is 1.71. The van der Waals surface area contributed by atoms with Crippen LogP contribution in [0.4, 0.5) is 0 Å². The average Bonchev–Trinajstić information content (AvgIpc) is 3.43. The maximum atomic E-state index is 6.27. The van der Waals surface area contributed by atoms with Crippen LogP contribution in [-0.2, 0) is 0 Å². The van der Waals surface area contributed by atoms with E-state index in [1.165, 1.54) is 16.0 Å². The minimum absolute atomic E-state index is 0. The summed E-state index contributed by atoms with van der Waals surface area (Å²) in [4.78, 5) is 5.86. The second-order valence-electron chi connectivity index (χ2n) is 6.76. The number of hydrogen-bond donors (Lipinski definition) is 1. The molecule has 146 valence electrons. The summed E-state index contributed by atoms with van der Waals surface area (Å²) < 4.78 is 6.27. The van der Waals surface area contributed by atoms with Crippen LogP contribution in [0.15, 0.2) is 87.1 Å².